The van der Waals surface area contributed by atoms with Crippen molar-refractivity contribution in [2.75, 3.05) is 0 Å². The molecule has 0 heterocycles. The molecular formula is C2H3O2Sn+3. The fraction of sp³-hybridized carbons (Fsp3) is 0.500. The van der Waals surface area contributed by atoms with Gasteiger partial charge in [-0.3, -0.25) is 0 Å². The van der Waals surface area contributed by atoms with Gasteiger partial charge < -0.3 is 0 Å². The Balaban J connectivity index is 2.85. The topological polar surface area (TPSA) is 26.3 Å². The van der Waals surface area contributed by atoms with Gasteiger partial charge in [-0.05, 0) is 0 Å². The molecule has 0 aliphatic rings. The van der Waals surface area contributed by atoms with Crippen LogP contribution in [-0.4, -0.2) is 28.9 Å². The predicted molar refractivity (Wildman–Crippen MR) is 17.5 cm³/mol. The molecule has 0 spiro atoms. The Morgan fingerprint density at radius 2 is 2.20 bits per heavy atom. The molecule has 0 saturated carbocycles. The van der Waals surface area contributed by atoms with Crippen LogP contribution in [0.3, 0.4) is 0 Å². The van der Waals surface area contributed by atoms with Gasteiger partial charge in [0.05, 0.1) is 0 Å². The molecular weight excluding hydrogens is 175 g/mol. The summed E-state index contributed by atoms with van der Waals surface area (Å²) < 4.78 is 4.20. The van der Waals surface area contributed by atoms with Gasteiger partial charge in [-0.15, -0.1) is 0 Å². The quantitative estimate of drug-likeness (QED) is 0.473. The van der Waals surface area contributed by atoms with Crippen LogP contribution in [0, 0.1) is 0 Å². The van der Waals surface area contributed by atoms with Crippen molar-refractivity contribution in [1.29, 1.82) is 0 Å². The van der Waals surface area contributed by atoms with Crippen molar-refractivity contribution >= 4 is 28.9 Å². The number of hydrogen-bond acceptors (Lipinski definition) is 2. The molecule has 3 heteroatoms. The van der Waals surface area contributed by atoms with Crippen molar-refractivity contribution in [2.45, 2.75) is 6.92 Å². The molecule has 5 heavy (non-hydrogen) atoms. The third-order valence-corrected chi connectivity index (χ3v) is 0.964. The second-order valence-electron chi connectivity index (χ2n) is 0.594. The molecule has 0 saturated heterocycles. The Labute approximate surface area is 44.1 Å². The monoisotopic (exact) mass is 179 g/mol. The first-order chi connectivity index (χ1) is 2.27. The fourth-order valence-electron chi connectivity index (χ4n) is 0. The SMILES string of the molecule is CC(=O)[O][Sn+3]. The molecule has 0 bridgehead atoms. The third kappa shape index (κ3) is 4.27. The zero-order valence-corrected chi connectivity index (χ0v) is 5.67. The molecule has 0 aromatic rings. The summed E-state index contributed by atoms with van der Waals surface area (Å²) in [6.45, 7) is 1.38. The number of hydrogen-bond donors (Lipinski definition) is 0. The number of rotatable bonds is 0. The number of carbonyl (C=O) groups is 1. The molecule has 2 nitrogen and oxygen atoms in total. The van der Waals surface area contributed by atoms with Gasteiger partial charge in [0, 0.05) is 0 Å². The minimum atomic E-state index is -0.205. The van der Waals surface area contributed by atoms with E-state index in [4.69, 9.17) is 0 Å². The van der Waals surface area contributed by atoms with Crippen LogP contribution in [0.15, 0.2) is 0 Å². The first-order valence-corrected chi connectivity index (χ1v) is 2.28. The van der Waals surface area contributed by atoms with Gasteiger partial charge in [0.25, 0.3) is 0 Å². The molecule has 0 fully saturated rings. The van der Waals surface area contributed by atoms with E-state index in [1.165, 1.54) is 6.92 Å². The molecule has 0 aliphatic heterocycles. The van der Waals surface area contributed by atoms with Crippen LogP contribution in [0.4, 0.5) is 0 Å². The second kappa shape index (κ2) is 2.50. The van der Waals surface area contributed by atoms with E-state index in [2.05, 4.69) is 3.07 Å². The standard InChI is InChI=1S/C2H4O2.Sn/c1-2(3)4;/h1H3,(H,3,4);/q;+4/p-1. The van der Waals surface area contributed by atoms with Crippen molar-refractivity contribution in [3.8, 4) is 0 Å². The van der Waals surface area contributed by atoms with E-state index in [0.717, 1.165) is 22.9 Å². The molecule has 24 valence electrons. The maximum absolute atomic E-state index is 9.61. The van der Waals surface area contributed by atoms with Gasteiger partial charge in [-0.1, -0.05) is 0 Å². The van der Waals surface area contributed by atoms with Crippen LogP contribution in [-0.2, 0) is 7.87 Å². The summed E-state index contributed by atoms with van der Waals surface area (Å²) >= 11 is 0.815. The normalized spacial score (nSPS) is 7.00. The van der Waals surface area contributed by atoms with Crippen LogP contribution < -0.4 is 0 Å². The summed E-state index contributed by atoms with van der Waals surface area (Å²) in [6, 6.07) is 0. The van der Waals surface area contributed by atoms with Crippen molar-refractivity contribution in [3.05, 3.63) is 0 Å². The Morgan fingerprint density at radius 3 is 2.20 bits per heavy atom. The predicted octanol–water partition coefficient (Wildman–Crippen LogP) is -0.367. The summed E-state index contributed by atoms with van der Waals surface area (Å²) in [4.78, 5) is 9.61. The van der Waals surface area contributed by atoms with Crippen LogP contribution in [0.1, 0.15) is 6.92 Å². The van der Waals surface area contributed by atoms with E-state index in [9.17, 15) is 4.79 Å². The molecule has 0 radical (unpaired) electrons. The van der Waals surface area contributed by atoms with E-state index >= 15 is 0 Å². The van der Waals surface area contributed by atoms with Crippen LogP contribution in [0.25, 0.3) is 0 Å². The molecule has 0 rings (SSSR count). The van der Waals surface area contributed by atoms with E-state index in [1.807, 2.05) is 0 Å². The van der Waals surface area contributed by atoms with Gasteiger partial charge >= 0.3 is 43.7 Å². The van der Waals surface area contributed by atoms with Crippen LogP contribution in [0.2, 0.25) is 0 Å². The minimum absolute atomic E-state index is 0.205. The molecule has 0 amide bonds. The molecule has 0 aliphatic carbocycles. The Kier molecular flexibility index (Phi) is 2.64. The van der Waals surface area contributed by atoms with E-state index in [0.29, 0.717) is 0 Å². The van der Waals surface area contributed by atoms with Gasteiger partial charge in [-0.2, -0.15) is 0 Å². The number of carbonyl (C=O) groups excluding carboxylic acids is 1. The molecule has 0 aromatic carbocycles. The van der Waals surface area contributed by atoms with Gasteiger partial charge in [0.2, 0.25) is 0 Å². The Hall–Kier alpha value is 0.269. The van der Waals surface area contributed by atoms with Crippen LogP contribution >= 0.6 is 0 Å². The fourth-order valence-corrected chi connectivity index (χ4v) is 0. The first-order valence-electron chi connectivity index (χ1n) is 1.11. The summed E-state index contributed by atoms with van der Waals surface area (Å²) in [5, 5.41) is 0. The first kappa shape index (κ1) is 5.27. The average Bonchev–Trinajstić information content (AvgIpc) is 1.38. The van der Waals surface area contributed by atoms with Crippen LogP contribution in [0.5, 0.6) is 0 Å². The van der Waals surface area contributed by atoms with Crippen molar-refractivity contribution < 1.29 is 7.87 Å². The average molecular weight is 178 g/mol. The van der Waals surface area contributed by atoms with Crippen molar-refractivity contribution in [1.82, 2.24) is 0 Å². The van der Waals surface area contributed by atoms with Gasteiger partial charge in [0.1, 0.15) is 0 Å². The third-order valence-electron chi connectivity index (χ3n) is 0.144. The van der Waals surface area contributed by atoms with Crippen molar-refractivity contribution in [2.24, 2.45) is 0 Å². The molecule has 0 aromatic heterocycles. The summed E-state index contributed by atoms with van der Waals surface area (Å²) in [5.74, 6) is -0.205. The Morgan fingerprint density at radius 1 is 2.00 bits per heavy atom. The van der Waals surface area contributed by atoms with E-state index in [-0.39, 0.29) is 5.97 Å². The molecule has 0 atom stereocenters. The molecule has 0 N–H and O–H groups in total. The Bertz CT molecular complexity index is 42.9. The maximum atomic E-state index is 9.61. The van der Waals surface area contributed by atoms with Gasteiger partial charge in [0.15, 0.2) is 0 Å². The second-order valence-corrected chi connectivity index (χ2v) is 1.18. The van der Waals surface area contributed by atoms with Gasteiger partial charge in [-0.25, -0.2) is 0 Å². The summed E-state index contributed by atoms with van der Waals surface area (Å²) in [7, 11) is 0. The van der Waals surface area contributed by atoms with Crippen molar-refractivity contribution in [3.63, 3.8) is 0 Å². The molecule has 0 unspecified atom stereocenters. The summed E-state index contributed by atoms with van der Waals surface area (Å²) in [6.07, 6.45) is 0. The summed E-state index contributed by atoms with van der Waals surface area (Å²) in [5.41, 5.74) is 0. The zero-order chi connectivity index (χ0) is 4.28. The van der Waals surface area contributed by atoms with E-state index < -0.39 is 0 Å². The zero-order valence-electron chi connectivity index (χ0n) is 2.82. The van der Waals surface area contributed by atoms with E-state index in [1.54, 1.807) is 0 Å².